The van der Waals surface area contributed by atoms with Gasteiger partial charge in [0.15, 0.2) is 0 Å². The molecule has 0 aromatic carbocycles. The van der Waals surface area contributed by atoms with Gasteiger partial charge >= 0.3 is 0 Å². The van der Waals surface area contributed by atoms with Crippen LogP contribution < -0.4 is 0 Å². The number of hydrogen-bond acceptors (Lipinski definition) is 0. The van der Waals surface area contributed by atoms with Gasteiger partial charge in [0.25, 0.3) is 0 Å². The molecule has 0 heterocycles. The van der Waals surface area contributed by atoms with E-state index in [1.54, 1.807) is 22.3 Å². The highest BCUT2D eigenvalue weighted by Gasteiger charge is 2.36. The van der Waals surface area contributed by atoms with Crippen LogP contribution >= 0.6 is 0 Å². The third-order valence-electron chi connectivity index (χ3n) is 4.17. The lowest BCUT2D eigenvalue weighted by atomic mass is 9.77. The molecule has 0 atom stereocenters. The molecule has 0 fully saturated rings. The maximum atomic E-state index is 2.39. The van der Waals surface area contributed by atoms with Gasteiger partial charge in [-0.3, -0.25) is 0 Å². The maximum absolute atomic E-state index is 2.39. The zero-order valence-electron chi connectivity index (χ0n) is 9.33. The summed E-state index contributed by atoms with van der Waals surface area (Å²) < 4.78 is 0. The van der Waals surface area contributed by atoms with Crippen LogP contribution in [0, 0.1) is 5.41 Å². The molecule has 0 saturated heterocycles. The summed E-state index contributed by atoms with van der Waals surface area (Å²) in [6.07, 6.45) is 5.49. The Morgan fingerprint density at radius 2 is 1.62 bits per heavy atom. The molecule has 0 unspecified atom stereocenters. The van der Waals surface area contributed by atoms with E-state index in [9.17, 15) is 0 Å². The number of rotatable bonds is 0. The summed E-state index contributed by atoms with van der Waals surface area (Å²) >= 11 is 0. The van der Waals surface area contributed by atoms with Crippen molar-refractivity contribution in [1.29, 1.82) is 0 Å². The van der Waals surface area contributed by atoms with Gasteiger partial charge in [-0.25, -0.2) is 0 Å². The Labute approximate surface area is 81.7 Å². The van der Waals surface area contributed by atoms with Crippen LogP contribution in [0.25, 0.3) is 0 Å². The Balaban J connectivity index is 2.50. The summed E-state index contributed by atoms with van der Waals surface area (Å²) in [5.74, 6) is 0. The van der Waals surface area contributed by atoms with Crippen molar-refractivity contribution in [2.45, 2.75) is 53.4 Å². The van der Waals surface area contributed by atoms with Gasteiger partial charge < -0.3 is 0 Å². The molecular formula is C13H20. The zero-order valence-corrected chi connectivity index (χ0v) is 9.33. The van der Waals surface area contributed by atoms with Gasteiger partial charge in [0, 0.05) is 5.41 Å². The molecule has 0 radical (unpaired) electrons. The SMILES string of the molecule is CC1=C(C)C(C)(C)C2=C1CCCC2. The highest BCUT2D eigenvalue weighted by Crippen LogP contribution is 2.51. The molecule has 0 heteroatoms. The van der Waals surface area contributed by atoms with Gasteiger partial charge in [0.05, 0.1) is 0 Å². The Kier molecular flexibility index (Phi) is 1.90. The van der Waals surface area contributed by atoms with Gasteiger partial charge in [-0.15, -0.1) is 0 Å². The topological polar surface area (TPSA) is 0 Å². The predicted octanol–water partition coefficient (Wildman–Crippen LogP) is 4.23. The minimum Gasteiger partial charge on any atom is -0.0604 e. The second-order valence-electron chi connectivity index (χ2n) is 5.04. The summed E-state index contributed by atoms with van der Waals surface area (Å²) in [6, 6.07) is 0. The van der Waals surface area contributed by atoms with Gasteiger partial charge in [0.2, 0.25) is 0 Å². The quantitative estimate of drug-likeness (QED) is 0.518. The van der Waals surface area contributed by atoms with E-state index in [1.165, 1.54) is 25.7 Å². The van der Waals surface area contributed by atoms with Crippen molar-refractivity contribution in [2.24, 2.45) is 5.41 Å². The summed E-state index contributed by atoms with van der Waals surface area (Å²) in [6.45, 7) is 9.40. The van der Waals surface area contributed by atoms with Crippen molar-refractivity contribution in [3.63, 3.8) is 0 Å². The summed E-state index contributed by atoms with van der Waals surface area (Å²) in [7, 11) is 0. The lowest BCUT2D eigenvalue weighted by molar-refractivity contribution is 0.499. The fourth-order valence-electron chi connectivity index (χ4n) is 2.93. The number of allylic oxidation sites excluding steroid dienone is 4. The summed E-state index contributed by atoms with van der Waals surface area (Å²) in [5, 5.41) is 0. The van der Waals surface area contributed by atoms with E-state index in [2.05, 4.69) is 27.7 Å². The van der Waals surface area contributed by atoms with E-state index in [1.807, 2.05) is 0 Å². The van der Waals surface area contributed by atoms with Gasteiger partial charge in [0.1, 0.15) is 0 Å². The molecule has 13 heavy (non-hydrogen) atoms. The lowest BCUT2D eigenvalue weighted by Crippen LogP contribution is -2.14. The molecule has 0 aromatic rings. The molecule has 0 aliphatic heterocycles. The first-order valence-electron chi connectivity index (χ1n) is 5.46. The van der Waals surface area contributed by atoms with Crippen molar-refractivity contribution < 1.29 is 0 Å². The average Bonchev–Trinajstić information content (AvgIpc) is 2.30. The van der Waals surface area contributed by atoms with Crippen molar-refractivity contribution in [2.75, 3.05) is 0 Å². The van der Waals surface area contributed by atoms with E-state index in [0.29, 0.717) is 5.41 Å². The van der Waals surface area contributed by atoms with Crippen LogP contribution in [0.3, 0.4) is 0 Å². The van der Waals surface area contributed by atoms with Crippen molar-refractivity contribution in [3.8, 4) is 0 Å². The second-order valence-corrected chi connectivity index (χ2v) is 5.04. The molecule has 0 nitrogen and oxygen atoms in total. The second kappa shape index (κ2) is 2.73. The van der Waals surface area contributed by atoms with E-state index in [-0.39, 0.29) is 0 Å². The van der Waals surface area contributed by atoms with E-state index in [4.69, 9.17) is 0 Å². The molecule has 0 amide bonds. The Morgan fingerprint density at radius 3 is 2.23 bits per heavy atom. The highest BCUT2D eigenvalue weighted by atomic mass is 14.4. The lowest BCUT2D eigenvalue weighted by Gasteiger charge is -2.28. The van der Waals surface area contributed by atoms with Crippen LogP contribution in [0.4, 0.5) is 0 Å². The van der Waals surface area contributed by atoms with E-state index >= 15 is 0 Å². The van der Waals surface area contributed by atoms with Crippen molar-refractivity contribution >= 4 is 0 Å². The third kappa shape index (κ3) is 1.11. The fraction of sp³-hybridized carbons (Fsp3) is 0.692. The van der Waals surface area contributed by atoms with Crippen LogP contribution in [0.2, 0.25) is 0 Å². The van der Waals surface area contributed by atoms with Gasteiger partial charge in [-0.1, -0.05) is 25.0 Å². The molecule has 72 valence electrons. The predicted molar refractivity (Wildman–Crippen MR) is 57.6 cm³/mol. The zero-order chi connectivity index (χ0) is 9.64. The Hall–Kier alpha value is -0.520. The average molecular weight is 176 g/mol. The molecule has 2 aliphatic carbocycles. The molecule has 0 bridgehead atoms. The van der Waals surface area contributed by atoms with E-state index in [0.717, 1.165) is 0 Å². The molecule has 0 aromatic heterocycles. The molecule has 2 rings (SSSR count). The molecular weight excluding hydrogens is 156 g/mol. The molecule has 0 saturated carbocycles. The minimum absolute atomic E-state index is 0.375. The first-order chi connectivity index (χ1) is 6.05. The largest absolute Gasteiger partial charge is 0.0604 e. The Morgan fingerprint density at radius 1 is 1.00 bits per heavy atom. The van der Waals surface area contributed by atoms with Crippen LogP contribution in [-0.2, 0) is 0 Å². The van der Waals surface area contributed by atoms with Crippen LogP contribution in [0.15, 0.2) is 22.3 Å². The highest BCUT2D eigenvalue weighted by molar-refractivity contribution is 5.51. The van der Waals surface area contributed by atoms with Crippen LogP contribution in [0.1, 0.15) is 53.4 Å². The van der Waals surface area contributed by atoms with Gasteiger partial charge in [-0.05, 0) is 50.7 Å². The van der Waals surface area contributed by atoms with Crippen LogP contribution in [0.5, 0.6) is 0 Å². The van der Waals surface area contributed by atoms with E-state index < -0.39 is 0 Å². The standard InChI is InChI=1S/C13H20/c1-9-10(2)13(3,4)12-8-6-5-7-11(9)12/h5-8H2,1-4H3. The molecule has 2 aliphatic rings. The maximum Gasteiger partial charge on any atom is 0.00729 e. The van der Waals surface area contributed by atoms with Gasteiger partial charge in [-0.2, -0.15) is 0 Å². The minimum atomic E-state index is 0.375. The monoisotopic (exact) mass is 176 g/mol. The molecule has 0 spiro atoms. The first-order valence-corrected chi connectivity index (χ1v) is 5.46. The third-order valence-corrected chi connectivity index (χ3v) is 4.17. The number of hydrogen-bond donors (Lipinski definition) is 0. The summed E-state index contributed by atoms with van der Waals surface area (Å²) in [4.78, 5) is 0. The normalized spacial score (nSPS) is 26.8. The smallest absolute Gasteiger partial charge is 0.00729 e. The molecule has 0 N–H and O–H groups in total. The van der Waals surface area contributed by atoms with Crippen molar-refractivity contribution in [1.82, 2.24) is 0 Å². The first kappa shape index (κ1) is 9.05. The van der Waals surface area contributed by atoms with Crippen LogP contribution in [-0.4, -0.2) is 0 Å². The van der Waals surface area contributed by atoms with Crippen molar-refractivity contribution in [3.05, 3.63) is 22.3 Å². The summed E-state index contributed by atoms with van der Waals surface area (Å²) in [5.41, 5.74) is 7.03. The Bertz CT molecular complexity index is 300. The fourth-order valence-corrected chi connectivity index (χ4v) is 2.93.